The minimum atomic E-state index is -4.66. The van der Waals surface area contributed by atoms with Crippen molar-refractivity contribution in [1.82, 2.24) is 9.62 Å². The number of carbonyl (C=O) groups excluding carboxylic acids is 1. The second-order valence-corrected chi connectivity index (χ2v) is 10.7. The lowest BCUT2D eigenvalue weighted by molar-refractivity contribution is -0.163. The second kappa shape index (κ2) is 11.2. The lowest BCUT2D eigenvalue weighted by Crippen LogP contribution is -2.59. The Morgan fingerprint density at radius 2 is 1.88 bits per heavy atom. The van der Waals surface area contributed by atoms with Gasteiger partial charge in [-0.25, -0.2) is 22.3 Å². The lowest BCUT2D eigenvalue weighted by Gasteiger charge is -2.41. The Morgan fingerprint density at radius 3 is 2.50 bits per heavy atom. The monoisotopic (exact) mass is 510 g/mol. The molecule has 2 fully saturated rings. The molecule has 1 heterocycles. The van der Waals surface area contributed by atoms with Crippen molar-refractivity contribution in [3.63, 3.8) is 0 Å². The molecule has 1 aromatic rings. The Hall–Kier alpha value is -1.92. The maximum atomic E-state index is 13.5. The number of rotatable bonds is 7. The predicted molar refractivity (Wildman–Crippen MR) is 116 cm³/mol. The van der Waals surface area contributed by atoms with E-state index in [0.29, 0.717) is 25.7 Å². The van der Waals surface area contributed by atoms with E-state index in [4.69, 9.17) is 4.74 Å². The van der Waals surface area contributed by atoms with E-state index in [9.17, 15) is 30.8 Å². The third-order valence-electron chi connectivity index (χ3n) is 6.24. The highest BCUT2D eigenvalue weighted by atomic mass is 32.2. The van der Waals surface area contributed by atoms with Crippen LogP contribution >= 0.6 is 0 Å². The third-order valence-corrected chi connectivity index (χ3v) is 6.97. The molecule has 1 aliphatic carbocycles. The zero-order valence-corrected chi connectivity index (χ0v) is 19.7. The Kier molecular flexibility index (Phi) is 8.80. The van der Waals surface area contributed by atoms with Crippen molar-refractivity contribution in [2.45, 2.75) is 68.8 Å². The first kappa shape index (κ1) is 26.7. The van der Waals surface area contributed by atoms with Crippen molar-refractivity contribution in [3.8, 4) is 0 Å². The van der Waals surface area contributed by atoms with Gasteiger partial charge in [0.1, 0.15) is 5.82 Å². The van der Waals surface area contributed by atoms with Gasteiger partial charge in [0.2, 0.25) is 10.0 Å². The van der Waals surface area contributed by atoms with Crippen LogP contribution in [0.2, 0.25) is 0 Å². The van der Waals surface area contributed by atoms with Crippen LogP contribution < -0.4 is 4.72 Å². The van der Waals surface area contributed by atoms with Gasteiger partial charge in [-0.1, -0.05) is 12.1 Å². The molecule has 1 aromatic carbocycles. The molecule has 34 heavy (non-hydrogen) atoms. The number of halogens is 4. The van der Waals surface area contributed by atoms with Crippen LogP contribution in [0.5, 0.6) is 0 Å². The van der Waals surface area contributed by atoms with Crippen molar-refractivity contribution >= 4 is 16.1 Å². The zero-order chi connectivity index (χ0) is 24.9. The fourth-order valence-electron chi connectivity index (χ4n) is 4.69. The molecule has 1 aliphatic heterocycles. The molecule has 0 unspecified atom stereocenters. The number of hydrogen-bond donors (Lipinski definition) is 1. The molecular weight excluding hydrogens is 480 g/mol. The number of amides is 1. The number of nitrogens with one attached hydrogen (secondary N) is 1. The van der Waals surface area contributed by atoms with Crippen LogP contribution in [0.3, 0.4) is 0 Å². The van der Waals surface area contributed by atoms with E-state index in [0.717, 1.165) is 29.6 Å². The second-order valence-electron chi connectivity index (χ2n) is 8.93. The average molecular weight is 511 g/mol. The smallest absolute Gasteiger partial charge is 0.422 e. The topological polar surface area (TPSA) is 84.9 Å². The van der Waals surface area contributed by atoms with Crippen LogP contribution in [0.15, 0.2) is 24.3 Å². The van der Waals surface area contributed by atoms with Crippen molar-refractivity contribution in [3.05, 3.63) is 35.6 Å². The van der Waals surface area contributed by atoms with Crippen LogP contribution in [0, 0.1) is 5.82 Å². The molecule has 192 valence electrons. The molecule has 12 heteroatoms. The summed E-state index contributed by atoms with van der Waals surface area (Å²) in [4.78, 5) is 13.5. The van der Waals surface area contributed by atoms with Crippen LogP contribution in [0.4, 0.5) is 22.4 Å². The number of sulfonamides is 1. The van der Waals surface area contributed by atoms with Gasteiger partial charge in [0, 0.05) is 12.6 Å². The Labute approximate surface area is 196 Å². The quantitative estimate of drug-likeness (QED) is 0.562. The van der Waals surface area contributed by atoms with Gasteiger partial charge in [-0.2, -0.15) is 13.2 Å². The van der Waals surface area contributed by atoms with Crippen LogP contribution in [0.25, 0.3) is 0 Å². The highest BCUT2D eigenvalue weighted by molar-refractivity contribution is 7.88. The largest absolute Gasteiger partial charge is 0.440 e. The first-order chi connectivity index (χ1) is 15.9. The minimum absolute atomic E-state index is 0.0381. The van der Waals surface area contributed by atoms with Gasteiger partial charge in [0.05, 0.1) is 25.0 Å². The van der Waals surface area contributed by atoms with E-state index in [2.05, 4.69) is 9.46 Å². The first-order valence-electron chi connectivity index (χ1n) is 11.3. The highest BCUT2D eigenvalue weighted by Crippen LogP contribution is 2.34. The van der Waals surface area contributed by atoms with E-state index in [1.54, 1.807) is 6.07 Å². The van der Waals surface area contributed by atoms with E-state index < -0.39 is 41.0 Å². The number of carbonyl (C=O) groups is 1. The summed E-state index contributed by atoms with van der Waals surface area (Å²) in [6.45, 7) is -1.62. The molecule has 1 saturated heterocycles. The molecular formula is C22H30F4N2O5S. The third kappa shape index (κ3) is 8.09. The minimum Gasteiger partial charge on any atom is -0.440 e. The van der Waals surface area contributed by atoms with Crippen molar-refractivity contribution in [2.75, 3.05) is 26.0 Å². The zero-order valence-electron chi connectivity index (χ0n) is 18.9. The van der Waals surface area contributed by atoms with Crippen molar-refractivity contribution in [2.24, 2.45) is 0 Å². The number of hydrogen-bond acceptors (Lipinski definition) is 5. The fourth-order valence-corrected chi connectivity index (χ4v) is 5.51. The number of nitrogens with zero attached hydrogens (tertiary/aromatic N) is 1. The van der Waals surface area contributed by atoms with Gasteiger partial charge in [-0.05, 0) is 62.1 Å². The molecule has 3 rings (SSSR count). The van der Waals surface area contributed by atoms with Crippen LogP contribution in [-0.4, -0.2) is 69.8 Å². The summed E-state index contributed by atoms with van der Waals surface area (Å²) < 4.78 is 87.6. The number of ether oxygens (including phenoxy) is 2. The van der Waals surface area contributed by atoms with E-state index in [1.807, 2.05) is 6.07 Å². The maximum Gasteiger partial charge on any atom is 0.422 e. The summed E-state index contributed by atoms with van der Waals surface area (Å²) in [5.41, 5.74) is 0.932. The fraction of sp³-hybridized carbons (Fsp3) is 0.682. The van der Waals surface area contributed by atoms with Crippen LogP contribution in [0.1, 0.15) is 50.0 Å². The molecule has 7 nitrogen and oxygen atoms in total. The standard InChI is InChI=1S/C22H30F4N2O5S/c1-34(30,31)27-19-6-3-11-28(21(29)33-14-22(24,25)26)20(19)13-32-18-9-7-15(8-10-18)16-4-2-5-17(23)12-16/h2,4-5,12,15,18-20,27H,3,6-11,13-14H2,1H3/t15?,18?,19-,20-/m0/s1. The average Bonchev–Trinajstić information content (AvgIpc) is 2.75. The summed E-state index contributed by atoms with van der Waals surface area (Å²) >= 11 is 0. The summed E-state index contributed by atoms with van der Waals surface area (Å²) in [5.74, 6) is -0.0752. The molecule has 1 N–H and O–H groups in total. The molecule has 2 atom stereocenters. The van der Waals surface area contributed by atoms with Crippen molar-refractivity contribution < 1.29 is 40.2 Å². The lowest BCUT2D eigenvalue weighted by atomic mass is 9.82. The number of piperidine rings is 1. The van der Waals surface area contributed by atoms with E-state index in [1.165, 1.54) is 12.1 Å². The van der Waals surface area contributed by atoms with Gasteiger partial charge < -0.3 is 14.4 Å². The molecule has 2 aliphatic rings. The number of benzene rings is 1. The van der Waals surface area contributed by atoms with Gasteiger partial charge in [-0.3, -0.25) is 0 Å². The molecule has 1 amide bonds. The molecule has 0 aromatic heterocycles. The first-order valence-corrected chi connectivity index (χ1v) is 13.1. The van der Waals surface area contributed by atoms with E-state index >= 15 is 0 Å². The van der Waals surface area contributed by atoms with Gasteiger partial charge >= 0.3 is 12.3 Å². The molecule has 0 radical (unpaired) electrons. The maximum absolute atomic E-state index is 13.5. The van der Waals surface area contributed by atoms with Crippen LogP contribution in [-0.2, 0) is 19.5 Å². The summed E-state index contributed by atoms with van der Waals surface area (Å²) in [6, 6.07) is 4.99. The predicted octanol–water partition coefficient (Wildman–Crippen LogP) is 3.95. The Balaban J connectivity index is 1.61. The SMILES string of the molecule is CS(=O)(=O)N[C@H]1CCCN(C(=O)OCC(F)(F)F)[C@H]1COC1CCC(c2cccc(F)c2)CC1. The van der Waals surface area contributed by atoms with Gasteiger partial charge in [0.15, 0.2) is 6.61 Å². The summed E-state index contributed by atoms with van der Waals surface area (Å²) in [6.07, 6.45) is -1.23. The molecule has 0 spiro atoms. The molecule has 1 saturated carbocycles. The van der Waals surface area contributed by atoms with Gasteiger partial charge in [0.25, 0.3) is 0 Å². The summed E-state index contributed by atoms with van der Waals surface area (Å²) in [7, 11) is -3.62. The van der Waals surface area contributed by atoms with E-state index in [-0.39, 0.29) is 31.0 Å². The van der Waals surface area contributed by atoms with Gasteiger partial charge in [-0.15, -0.1) is 0 Å². The Morgan fingerprint density at radius 1 is 1.18 bits per heavy atom. The van der Waals surface area contributed by atoms with Crippen molar-refractivity contribution in [1.29, 1.82) is 0 Å². The summed E-state index contributed by atoms with van der Waals surface area (Å²) in [5, 5.41) is 0. The Bertz CT molecular complexity index is 935. The highest BCUT2D eigenvalue weighted by Gasteiger charge is 2.39. The number of alkyl halides is 3. The number of likely N-dealkylation sites (tertiary alicyclic amines) is 1. The molecule has 0 bridgehead atoms. The normalized spacial score (nSPS) is 26.3.